The number of aryl methyl sites for hydroxylation is 2. The van der Waals surface area contributed by atoms with E-state index < -0.39 is 0 Å². The molecule has 0 bridgehead atoms. The molecule has 29 heavy (non-hydrogen) atoms. The van der Waals surface area contributed by atoms with Crippen molar-refractivity contribution in [2.75, 3.05) is 18.0 Å². The minimum absolute atomic E-state index is 0.000739. The molecule has 1 amide bonds. The van der Waals surface area contributed by atoms with Gasteiger partial charge >= 0.3 is 0 Å². The van der Waals surface area contributed by atoms with Crippen LogP contribution in [0.3, 0.4) is 0 Å². The van der Waals surface area contributed by atoms with Crippen molar-refractivity contribution in [2.24, 2.45) is 5.92 Å². The molecule has 0 spiro atoms. The summed E-state index contributed by atoms with van der Waals surface area (Å²) in [4.78, 5) is 14.8. The van der Waals surface area contributed by atoms with Crippen molar-refractivity contribution in [3.05, 3.63) is 59.2 Å². The second kappa shape index (κ2) is 8.32. The Kier molecular flexibility index (Phi) is 5.62. The minimum Gasteiger partial charge on any atom is -0.352 e. The van der Waals surface area contributed by atoms with Crippen LogP contribution in [0.4, 0.5) is 9.52 Å². The molecule has 1 fully saturated rings. The molecule has 152 valence electrons. The molecule has 1 N–H and O–H groups in total. The number of hydrogen-bond acceptors (Lipinski definition) is 5. The number of nitrogens with one attached hydrogen (secondary N) is 1. The standard InChI is InChI=1S/C21H24FN5OS/c1-14-8-9-15(2)27(14)21-25-24-20(29-21)26-10-4-6-17(13-26)19(28)23-12-16-5-3-7-18(22)11-16/h3,5,7-9,11,17H,4,6,10,12-13H2,1-2H3,(H,23,28)/t17-/m1/s1. The molecule has 0 radical (unpaired) electrons. The first-order chi connectivity index (χ1) is 14.0. The third-order valence-corrected chi connectivity index (χ3v) is 6.25. The summed E-state index contributed by atoms with van der Waals surface area (Å²) in [6.07, 6.45) is 1.77. The highest BCUT2D eigenvalue weighted by Gasteiger charge is 2.28. The van der Waals surface area contributed by atoms with Crippen molar-refractivity contribution in [1.29, 1.82) is 0 Å². The molecule has 8 heteroatoms. The first-order valence-electron chi connectivity index (χ1n) is 9.77. The van der Waals surface area contributed by atoms with E-state index in [0.29, 0.717) is 13.1 Å². The number of nitrogens with zero attached hydrogens (tertiary/aromatic N) is 4. The van der Waals surface area contributed by atoms with E-state index in [1.165, 1.54) is 12.1 Å². The Morgan fingerprint density at radius 2 is 1.97 bits per heavy atom. The van der Waals surface area contributed by atoms with Crippen LogP contribution in [0.5, 0.6) is 0 Å². The normalized spacial score (nSPS) is 16.8. The van der Waals surface area contributed by atoms with Gasteiger partial charge in [-0.05, 0) is 56.5 Å². The lowest BCUT2D eigenvalue weighted by atomic mass is 9.97. The molecule has 0 unspecified atom stereocenters. The van der Waals surface area contributed by atoms with Crippen molar-refractivity contribution >= 4 is 22.4 Å². The van der Waals surface area contributed by atoms with Crippen molar-refractivity contribution in [1.82, 2.24) is 20.1 Å². The monoisotopic (exact) mass is 413 g/mol. The number of carbonyl (C=O) groups excluding carboxylic acids is 1. The molecular formula is C21H24FN5OS. The first kappa shape index (κ1) is 19.6. The minimum atomic E-state index is -0.291. The van der Waals surface area contributed by atoms with Crippen LogP contribution in [0, 0.1) is 25.6 Å². The average Bonchev–Trinajstić information content (AvgIpc) is 3.32. The van der Waals surface area contributed by atoms with Crippen LogP contribution in [0.1, 0.15) is 29.8 Å². The summed E-state index contributed by atoms with van der Waals surface area (Å²) in [6, 6.07) is 10.4. The fourth-order valence-corrected chi connectivity index (χ4v) is 4.74. The number of hydrogen-bond donors (Lipinski definition) is 1. The van der Waals surface area contributed by atoms with Crippen LogP contribution in [-0.4, -0.2) is 33.8 Å². The second-order valence-corrected chi connectivity index (χ2v) is 8.39. The van der Waals surface area contributed by atoms with Gasteiger partial charge in [0.05, 0.1) is 5.92 Å². The van der Waals surface area contributed by atoms with Crippen LogP contribution in [0.2, 0.25) is 0 Å². The summed E-state index contributed by atoms with van der Waals surface area (Å²) >= 11 is 1.54. The number of halogens is 1. The number of amides is 1. The van der Waals surface area contributed by atoms with Gasteiger partial charge in [-0.2, -0.15) is 0 Å². The Labute approximate surface area is 173 Å². The van der Waals surface area contributed by atoms with E-state index in [1.54, 1.807) is 17.4 Å². The van der Waals surface area contributed by atoms with E-state index in [2.05, 4.69) is 37.1 Å². The summed E-state index contributed by atoms with van der Waals surface area (Å²) < 4.78 is 15.4. The van der Waals surface area contributed by atoms with E-state index in [4.69, 9.17) is 0 Å². The molecule has 0 saturated carbocycles. The predicted octanol–water partition coefficient (Wildman–Crippen LogP) is 3.62. The zero-order valence-corrected chi connectivity index (χ0v) is 17.4. The highest BCUT2D eigenvalue weighted by molar-refractivity contribution is 7.17. The number of anilines is 1. The SMILES string of the molecule is Cc1ccc(C)n1-c1nnc(N2CCC[C@@H](C(=O)NCc3cccc(F)c3)C2)s1. The second-order valence-electron chi connectivity index (χ2n) is 7.45. The smallest absolute Gasteiger partial charge is 0.225 e. The van der Waals surface area contributed by atoms with E-state index in [0.717, 1.165) is 46.6 Å². The summed E-state index contributed by atoms with van der Waals surface area (Å²) in [5, 5.41) is 13.4. The van der Waals surface area contributed by atoms with Crippen LogP contribution < -0.4 is 10.2 Å². The van der Waals surface area contributed by atoms with Gasteiger partial charge in [0.15, 0.2) is 0 Å². The van der Waals surface area contributed by atoms with Crippen molar-refractivity contribution in [3.63, 3.8) is 0 Å². The van der Waals surface area contributed by atoms with Gasteiger partial charge in [-0.25, -0.2) is 4.39 Å². The number of benzene rings is 1. The zero-order valence-electron chi connectivity index (χ0n) is 16.6. The molecular weight excluding hydrogens is 389 g/mol. The summed E-state index contributed by atoms with van der Waals surface area (Å²) in [5.74, 6) is -0.402. The highest BCUT2D eigenvalue weighted by atomic mass is 32.1. The molecule has 1 aliphatic heterocycles. The quantitative estimate of drug-likeness (QED) is 0.694. The maximum Gasteiger partial charge on any atom is 0.225 e. The molecule has 1 atom stereocenters. The van der Waals surface area contributed by atoms with E-state index in [9.17, 15) is 9.18 Å². The fourth-order valence-electron chi connectivity index (χ4n) is 3.74. The number of rotatable bonds is 5. The van der Waals surface area contributed by atoms with Gasteiger partial charge in [-0.1, -0.05) is 23.5 Å². The highest BCUT2D eigenvalue weighted by Crippen LogP contribution is 2.29. The summed E-state index contributed by atoms with van der Waals surface area (Å²) in [7, 11) is 0. The molecule has 4 rings (SSSR count). The molecule has 1 aliphatic rings. The molecule has 3 heterocycles. The molecule has 1 aromatic carbocycles. The van der Waals surface area contributed by atoms with Gasteiger partial charge in [0.1, 0.15) is 5.82 Å². The average molecular weight is 414 g/mol. The summed E-state index contributed by atoms with van der Waals surface area (Å²) in [5.41, 5.74) is 3.01. The van der Waals surface area contributed by atoms with E-state index in [1.807, 2.05) is 19.9 Å². The zero-order chi connectivity index (χ0) is 20.4. The Morgan fingerprint density at radius 3 is 2.72 bits per heavy atom. The van der Waals surface area contributed by atoms with Crippen LogP contribution in [0.25, 0.3) is 5.13 Å². The lowest BCUT2D eigenvalue weighted by Crippen LogP contribution is -2.43. The molecule has 1 saturated heterocycles. The van der Waals surface area contributed by atoms with E-state index >= 15 is 0 Å². The molecule has 3 aromatic rings. The third-order valence-electron chi connectivity index (χ3n) is 5.28. The lowest BCUT2D eigenvalue weighted by molar-refractivity contribution is -0.125. The van der Waals surface area contributed by atoms with Gasteiger partial charge < -0.3 is 10.2 Å². The maximum atomic E-state index is 13.3. The summed E-state index contributed by atoms with van der Waals surface area (Å²) in [6.45, 7) is 5.92. The molecule has 0 aliphatic carbocycles. The van der Waals surface area contributed by atoms with Crippen molar-refractivity contribution in [2.45, 2.75) is 33.2 Å². The topological polar surface area (TPSA) is 63.1 Å². The molecule has 6 nitrogen and oxygen atoms in total. The Balaban J connectivity index is 1.40. The van der Waals surface area contributed by atoms with Gasteiger partial charge in [0.2, 0.25) is 16.2 Å². The van der Waals surface area contributed by atoms with Gasteiger partial charge in [0.25, 0.3) is 0 Å². The van der Waals surface area contributed by atoms with E-state index in [-0.39, 0.29) is 17.6 Å². The van der Waals surface area contributed by atoms with Crippen LogP contribution >= 0.6 is 11.3 Å². The lowest BCUT2D eigenvalue weighted by Gasteiger charge is -2.31. The third kappa shape index (κ3) is 4.32. The Hall–Kier alpha value is -2.74. The first-order valence-corrected chi connectivity index (χ1v) is 10.6. The fraction of sp³-hybridized carbons (Fsp3) is 0.381. The number of aromatic nitrogens is 3. The largest absolute Gasteiger partial charge is 0.352 e. The van der Waals surface area contributed by atoms with Crippen LogP contribution in [0.15, 0.2) is 36.4 Å². The molecule has 2 aromatic heterocycles. The van der Waals surface area contributed by atoms with Crippen LogP contribution in [-0.2, 0) is 11.3 Å². The Bertz CT molecular complexity index is 995. The van der Waals surface area contributed by atoms with Crippen molar-refractivity contribution < 1.29 is 9.18 Å². The van der Waals surface area contributed by atoms with Gasteiger partial charge in [-0.15, -0.1) is 10.2 Å². The maximum absolute atomic E-state index is 13.3. The predicted molar refractivity (Wildman–Crippen MR) is 112 cm³/mol. The number of piperidine rings is 1. The Morgan fingerprint density at radius 1 is 1.21 bits per heavy atom. The number of carbonyl (C=O) groups is 1. The van der Waals surface area contributed by atoms with Crippen molar-refractivity contribution in [3.8, 4) is 5.13 Å². The van der Waals surface area contributed by atoms with Gasteiger partial charge in [0, 0.05) is 31.0 Å². The van der Waals surface area contributed by atoms with Gasteiger partial charge in [-0.3, -0.25) is 9.36 Å².